The number of rotatable bonds is 4. The van der Waals surface area contributed by atoms with Gasteiger partial charge in [-0.1, -0.05) is 23.7 Å². The van der Waals surface area contributed by atoms with Gasteiger partial charge in [0.25, 0.3) is 0 Å². The molecule has 0 atom stereocenters. The quantitative estimate of drug-likeness (QED) is 0.930. The van der Waals surface area contributed by atoms with E-state index in [-0.39, 0.29) is 5.54 Å². The van der Waals surface area contributed by atoms with Crippen LogP contribution >= 0.6 is 11.6 Å². The molecule has 21 heavy (non-hydrogen) atoms. The monoisotopic (exact) mass is 303 g/mol. The van der Waals surface area contributed by atoms with Crippen molar-refractivity contribution in [2.24, 2.45) is 0 Å². The second-order valence-corrected chi connectivity index (χ2v) is 6.76. The van der Waals surface area contributed by atoms with Crippen LogP contribution in [0.4, 0.5) is 0 Å². The van der Waals surface area contributed by atoms with Crippen LogP contribution in [0.25, 0.3) is 0 Å². The van der Waals surface area contributed by atoms with Gasteiger partial charge in [-0.25, -0.2) is 9.97 Å². The van der Waals surface area contributed by atoms with Crippen molar-refractivity contribution in [1.82, 2.24) is 15.3 Å². The van der Waals surface area contributed by atoms with Gasteiger partial charge in [-0.3, -0.25) is 0 Å². The first-order chi connectivity index (χ1) is 9.82. The van der Waals surface area contributed by atoms with E-state index in [0.717, 1.165) is 34.3 Å². The maximum Gasteiger partial charge on any atom is 0.133 e. The zero-order chi connectivity index (χ0) is 15.5. The molecule has 0 aliphatic carbocycles. The van der Waals surface area contributed by atoms with Crippen LogP contribution in [0.3, 0.4) is 0 Å². The van der Waals surface area contributed by atoms with Crippen molar-refractivity contribution < 1.29 is 0 Å². The number of halogens is 1. The number of nitrogens with one attached hydrogen (secondary N) is 1. The Bertz CT molecular complexity index is 618. The SMILES string of the molecule is Cc1cc(CNC(C)(C)C)nc(Cc2cccc(Cl)c2)n1. The number of hydrogen-bond donors (Lipinski definition) is 1. The van der Waals surface area contributed by atoms with Gasteiger partial charge in [0.05, 0.1) is 5.69 Å². The predicted octanol–water partition coefficient (Wildman–Crippen LogP) is 3.92. The summed E-state index contributed by atoms with van der Waals surface area (Å²) in [6.45, 7) is 9.19. The molecule has 1 N–H and O–H groups in total. The van der Waals surface area contributed by atoms with Crippen LogP contribution < -0.4 is 5.32 Å². The van der Waals surface area contributed by atoms with Crippen LogP contribution in [-0.4, -0.2) is 15.5 Å². The number of aromatic nitrogens is 2. The van der Waals surface area contributed by atoms with Gasteiger partial charge >= 0.3 is 0 Å². The van der Waals surface area contributed by atoms with Gasteiger partial charge in [-0.05, 0) is 51.5 Å². The minimum atomic E-state index is 0.0754. The molecule has 0 fully saturated rings. The van der Waals surface area contributed by atoms with Crippen LogP contribution in [0, 0.1) is 6.92 Å². The molecule has 4 heteroatoms. The van der Waals surface area contributed by atoms with Gasteiger partial charge in [0, 0.05) is 29.2 Å². The zero-order valence-electron chi connectivity index (χ0n) is 13.1. The minimum Gasteiger partial charge on any atom is -0.306 e. The third kappa shape index (κ3) is 5.44. The predicted molar refractivity (Wildman–Crippen MR) is 87.6 cm³/mol. The molecule has 0 unspecified atom stereocenters. The lowest BCUT2D eigenvalue weighted by molar-refractivity contribution is 0.420. The van der Waals surface area contributed by atoms with Crippen molar-refractivity contribution in [1.29, 1.82) is 0 Å². The first-order valence-corrected chi connectivity index (χ1v) is 7.52. The van der Waals surface area contributed by atoms with Crippen molar-refractivity contribution >= 4 is 11.6 Å². The Balaban J connectivity index is 2.15. The number of hydrogen-bond acceptors (Lipinski definition) is 3. The summed E-state index contributed by atoms with van der Waals surface area (Å²) in [6, 6.07) is 9.86. The minimum absolute atomic E-state index is 0.0754. The molecule has 0 radical (unpaired) electrons. The summed E-state index contributed by atoms with van der Waals surface area (Å²) in [5.41, 5.74) is 3.22. The fourth-order valence-electron chi connectivity index (χ4n) is 2.05. The molecule has 2 aromatic rings. The lowest BCUT2D eigenvalue weighted by Crippen LogP contribution is -2.35. The van der Waals surface area contributed by atoms with E-state index < -0.39 is 0 Å². The van der Waals surface area contributed by atoms with Crippen molar-refractivity contribution in [3.05, 3.63) is 58.1 Å². The average molecular weight is 304 g/mol. The third-order valence-electron chi connectivity index (χ3n) is 3.00. The Hall–Kier alpha value is -1.45. The molecular weight excluding hydrogens is 282 g/mol. The molecule has 0 saturated carbocycles. The number of aryl methyl sites for hydroxylation is 1. The number of benzene rings is 1. The van der Waals surface area contributed by atoms with Gasteiger partial charge < -0.3 is 5.32 Å². The van der Waals surface area contributed by atoms with Crippen molar-refractivity contribution in [3.63, 3.8) is 0 Å². The average Bonchev–Trinajstić information content (AvgIpc) is 2.35. The number of nitrogens with zero attached hydrogens (tertiary/aromatic N) is 2. The molecule has 0 amide bonds. The molecule has 0 aliphatic rings. The Labute approximate surface area is 131 Å². The molecular formula is C17H22ClN3. The van der Waals surface area contributed by atoms with Gasteiger partial charge in [-0.15, -0.1) is 0 Å². The molecule has 0 aliphatic heterocycles. The Morgan fingerprint density at radius 2 is 1.90 bits per heavy atom. The second kappa shape index (κ2) is 6.54. The summed E-state index contributed by atoms with van der Waals surface area (Å²) in [4.78, 5) is 9.17. The van der Waals surface area contributed by atoms with Crippen LogP contribution in [0.15, 0.2) is 30.3 Å². The summed E-state index contributed by atoms with van der Waals surface area (Å²) in [7, 11) is 0. The van der Waals surface area contributed by atoms with E-state index in [1.807, 2.05) is 37.3 Å². The van der Waals surface area contributed by atoms with Gasteiger partial charge in [0.2, 0.25) is 0 Å². The van der Waals surface area contributed by atoms with E-state index in [2.05, 4.69) is 36.1 Å². The Morgan fingerprint density at radius 3 is 2.57 bits per heavy atom. The molecule has 1 aromatic carbocycles. The highest BCUT2D eigenvalue weighted by Crippen LogP contribution is 2.14. The molecule has 1 aromatic heterocycles. The smallest absolute Gasteiger partial charge is 0.133 e. The molecule has 0 saturated heterocycles. The van der Waals surface area contributed by atoms with Crippen LogP contribution in [0.1, 0.15) is 43.5 Å². The van der Waals surface area contributed by atoms with Crippen molar-refractivity contribution in [2.75, 3.05) is 0 Å². The molecule has 112 valence electrons. The maximum absolute atomic E-state index is 6.02. The summed E-state index contributed by atoms with van der Waals surface area (Å²) >= 11 is 6.02. The largest absolute Gasteiger partial charge is 0.306 e. The fraction of sp³-hybridized carbons (Fsp3) is 0.412. The van der Waals surface area contributed by atoms with E-state index in [0.29, 0.717) is 6.42 Å². The van der Waals surface area contributed by atoms with E-state index in [4.69, 9.17) is 11.6 Å². The van der Waals surface area contributed by atoms with Crippen LogP contribution in [-0.2, 0) is 13.0 Å². The van der Waals surface area contributed by atoms with Crippen molar-refractivity contribution in [3.8, 4) is 0 Å². The molecule has 0 bridgehead atoms. The molecule has 0 spiro atoms. The maximum atomic E-state index is 6.02. The first-order valence-electron chi connectivity index (χ1n) is 7.15. The first kappa shape index (κ1) is 15.9. The topological polar surface area (TPSA) is 37.8 Å². The van der Waals surface area contributed by atoms with Gasteiger partial charge in [0.15, 0.2) is 0 Å². The standard InChI is InChI=1S/C17H22ClN3/c1-12-8-15(11-19-17(2,3)4)21-16(20-12)10-13-6-5-7-14(18)9-13/h5-9,19H,10-11H2,1-4H3. The lowest BCUT2D eigenvalue weighted by atomic mass is 10.1. The molecule has 1 heterocycles. The summed E-state index contributed by atoms with van der Waals surface area (Å²) < 4.78 is 0. The second-order valence-electron chi connectivity index (χ2n) is 6.33. The van der Waals surface area contributed by atoms with Gasteiger partial charge in [0.1, 0.15) is 5.82 Å². The summed E-state index contributed by atoms with van der Waals surface area (Å²) in [5, 5.41) is 4.20. The molecule has 3 nitrogen and oxygen atoms in total. The summed E-state index contributed by atoms with van der Waals surface area (Å²) in [5.74, 6) is 0.836. The van der Waals surface area contributed by atoms with E-state index in [9.17, 15) is 0 Å². The van der Waals surface area contributed by atoms with E-state index >= 15 is 0 Å². The summed E-state index contributed by atoms with van der Waals surface area (Å²) in [6.07, 6.45) is 0.699. The Kier molecular flexibility index (Phi) is 4.96. The van der Waals surface area contributed by atoms with E-state index in [1.54, 1.807) is 0 Å². The zero-order valence-corrected chi connectivity index (χ0v) is 13.8. The highest BCUT2D eigenvalue weighted by Gasteiger charge is 2.10. The normalized spacial score (nSPS) is 11.7. The van der Waals surface area contributed by atoms with Gasteiger partial charge in [-0.2, -0.15) is 0 Å². The molecule has 2 rings (SSSR count). The van der Waals surface area contributed by atoms with Crippen LogP contribution in [0.5, 0.6) is 0 Å². The highest BCUT2D eigenvalue weighted by molar-refractivity contribution is 6.30. The fourth-order valence-corrected chi connectivity index (χ4v) is 2.27. The van der Waals surface area contributed by atoms with Crippen LogP contribution in [0.2, 0.25) is 5.02 Å². The lowest BCUT2D eigenvalue weighted by Gasteiger charge is -2.20. The third-order valence-corrected chi connectivity index (χ3v) is 3.24. The van der Waals surface area contributed by atoms with E-state index in [1.165, 1.54) is 0 Å². The highest BCUT2D eigenvalue weighted by atomic mass is 35.5. The van der Waals surface area contributed by atoms with Crippen molar-refractivity contribution in [2.45, 2.75) is 46.2 Å². The Morgan fingerprint density at radius 1 is 1.14 bits per heavy atom.